The Labute approximate surface area is 213 Å². The quantitative estimate of drug-likeness (QED) is 0.320. The van der Waals surface area contributed by atoms with Crippen LogP contribution < -0.4 is 16.0 Å². The van der Waals surface area contributed by atoms with Crippen LogP contribution in [0.25, 0.3) is 0 Å². The largest absolute Gasteiger partial charge is 0.398 e. The van der Waals surface area contributed by atoms with Crippen LogP contribution in [0.5, 0.6) is 0 Å². The van der Waals surface area contributed by atoms with Crippen molar-refractivity contribution in [2.75, 3.05) is 16.0 Å². The summed E-state index contributed by atoms with van der Waals surface area (Å²) in [5.74, 6) is 0.402. The first kappa shape index (κ1) is 25.9. The molecular weight excluding hydrogens is 465 g/mol. The van der Waals surface area contributed by atoms with Crippen LogP contribution in [0, 0.1) is 0 Å². The van der Waals surface area contributed by atoms with Gasteiger partial charge in [0.15, 0.2) is 0 Å². The number of anilines is 3. The summed E-state index contributed by atoms with van der Waals surface area (Å²) in [6.45, 7) is 10.3. The van der Waals surface area contributed by atoms with E-state index in [0.717, 1.165) is 22.4 Å². The highest BCUT2D eigenvalue weighted by Crippen LogP contribution is 2.36. The van der Waals surface area contributed by atoms with E-state index >= 15 is 0 Å². The smallest absolute Gasteiger partial charge is 0.326 e. The number of benzene rings is 3. The zero-order chi connectivity index (χ0) is 25.0. The Morgan fingerprint density at radius 3 is 2.00 bits per heavy atom. The molecule has 0 aliphatic rings. The third kappa shape index (κ3) is 5.51. The fourth-order valence-electron chi connectivity index (χ4n) is 4.23. The van der Waals surface area contributed by atoms with Gasteiger partial charge < -0.3 is 11.1 Å². The van der Waals surface area contributed by atoms with Gasteiger partial charge in [-0.05, 0) is 78.3 Å². The van der Waals surface area contributed by atoms with Crippen LogP contribution in [-0.2, 0) is 12.8 Å². The zero-order valence-corrected chi connectivity index (χ0v) is 22.0. The second-order valence-electron chi connectivity index (χ2n) is 8.76. The third-order valence-corrected chi connectivity index (χ3v) is 6.85. The van der Waals surface area contributed by atoms with Gasteiger partial charge in [0.1, 0.15) is 0 Å². The average molecular weight is 498 g/mol. The molecule has 0 spiro atoms. The number of nitrogens with one attached hydrogen (secondary N) is 1. The fraction of sp³-hybridized carbons (Fsp3) is 0.321. The SMILES string of the molecule is CCc1c(N)cc(Cl)c(CC)c1NC(=O)N(c1ccc(C(C)C)cc1)[C@@H](C)c1ccc(Cl)cc1. The number of urea groups is 1. The summed E-state index contributed by atoms with van der Waals surface area (Å²) in [6.07, 6.45) is 1.36. The highest BCUT2D eigenvalue weighted by Gasteiger charge is 2.26. The van der Waals surface area contributed by atoms with Crippen LogP contribution in [0.4, 0.5) is 21.9 Å². The van der Waals surface area contributed by atoms with Gasteiger partial charge >= 0.3 is 6.03 Å². The van der Waals surface area contributed by atoms with Crippen molar-refractivity contribution in [1.29, 1.82) is 0 Å². The van der Waals surface area contributed by atoms with E-state index in [-0.39, 0.29) is 12.1 Å². The lowest BCUT2D eigenvalue weighted by molar-refractivity contribution is 0.255. The number of carbonyl (C=O) groups excluding carboxylic acids is 1. The molecule has 0 saturated carbocycles. The van der Waals surface area contributed by atoms with Crippen molar-refractivity contribution in [3.63, 3.8) is 0 Å². The van der Waals surface area contributed by atoms with Crippen molar-refractivity contribution >= 4 is 46.3 Å². The predicted molar refractivity (Wildman–Crippen MR) is 147 cm³/mol. The maximum absolute atomic E-state index is 13.9. The molecule has 0 aliphatic carbocycles. The van der Waals surface area contributed by atoms with Crippen LogP contribution in [-0.4, -0.2) is 6.03 Å². The summed E-state index contributed by atoms with van der Waals surface area (Å²) in [7, 11) is 0. The monoisotopic (exact) mass is 497 g/mol. The maximum Gasteiger partial charge on any atom is 0.326 e. The van der Waals surface area contributed by atoms with Gasteiger partial charge in [-0.2, -0.15) is 0 Å². The second kappa shape index (κ2) is 11.2. The molecule has 3 aromatic carbocycles. The van der Waals surface area contributed by atoms with E-state index in [0.29, 0.717) is 40.2 Å². The molecular formula is C28H33Cl2N3O. The van der Waals surface area contributed by atoms with E-state index in [2.05, 4.69) is 31.3 Å². The standard InChI is InChI=1S/C28H33Cl2N3O/c1-6-23-25(30)16-26(31)24(7-2)27(23)32-28(34)33(18(5)20-8-12-21(29)13-9-20)22-14-10-19(11-15-22)17(3)4/h8-18H,6-7,31H2,1-5H3,(H,32,34)/t18-/m0/s1. The Bertz CT molecular complexity index is 1110. The van der Waals surface area contributed by atoms with Gasteiger partial charge in [-0.3, -0.25) is 4.90 Å². The lowest BCUT2D eigenvalue weighted by Crippen LogP contribution is -2.37. The molecule has 180 valence electrons. The van der Waals surface area contributed by atoms with Crippen molar-refractivity contribution < 1.29 is 4.79 Å². The van der Waals surface area contributed by atoms with Gasteiger partial charge in [-0.1, -0.05) is 75.2 Å². The van der Waals surface area contributed by atoms with E-state index in [1.807, 2.05) is 57.2 Å². The molecule has 0 aliphatic heterocycles. The minimum atomic E-state index is -0.245. The van der Waals surface area contributed by atoms with E-state index < -0.39 is 0 Å². The number of nitrogens with two attached hydrogens (primary N) is 1. The summed E-state index contributed by atoms with van der Waals surface area (Å²) >= 11 is 12.6. The molecule has 3 aromatic rings. The highest BCUT2D eigenvalue weighted by atomic mass is 35.5. The minimum Gasteiger partial charge on any atom is -0.398 e. The molecule has 6 heteroatoms. The van der Waals surface area contributed by atoms with Crippen LogP contribution in [0.3, 0.4) is 0 Å². The molecule has 3 rings (SSSR count). The Morgan fingerprint density at radius 2 is 1.47 bits per heavy atom. The molecule has 1 atom stereocenters. The van der Waals surface area contributed by atoms with Crippen molar-refractivity contribution in [1.82, 2.24) is 0 Å². The molecule has 0 aromatic heterocycles. The number of halogens is 2. The van der Waals surface area contributed by atoms with E-state index in [1.165, 1.54) is 5.56 Å². The second-order valence-corrected chi connectivity index (χ2v) is 9.60. The first-order valence-electron chi connectivity index (χ1n) is 11.7. The Morgan fingerprint density at radius 1 is 0.912 bits per heavy atom. The van der Waals surface area contributed by atoms with Gasteiger partial charge in [0.2, 0.25) is 0 Å². The van der Waals surface area contributed by atoms with Crippen molar-refractivity contribution in [2.45, 2.75) is 59.4 Å². The molecule has 3 N–H and O–H groups in total. The number of nitrogen functional groups attached to an aromatic ring is 1. The van der Waals surface area contributed by atoms with E-state index in [4.69, 9.17) is 28.9 Å². The zero-order valence-electron chi connectivity index (χ0n) is 20.5. The molecule has 0 heterocycles. The van der Waals surface area contributed by atoms with Gasteiger partial charge in [0.25, 0.3) is 0 Å². The molecule has 0 radical (unpaired) electrons. The van der Waals surface area contributed by atoms with Gasteiger partial charge in [0, 0.05) is 21.4 Å². The topological polar surface area (TPSA) is 58.4 Å². The number of hydrogen-bond acceptors (Lipinski definition) is 2. The molecule has 2 amide bonds. The van der Waals surface area contributed by atoms with Crippen LogP contribution in [0.2, 0.25) is 10.0 Å². The molecule has 0 fully saturated rings. The number of nitrogens with zero attached hydrogens (tertiary/aromatic N) is 1. The van der Waals surface area contributed by atoms with Gasteiger partial charge in [0.05, 0.1) is 11.7 Å². The lowest BCUT2D eigenvalue weighted by Gasteiger charge is -2.31. The molecule has 0 saturated heterocycles. The number of hydrogen-bond donors (Lipinski definition) is 2. The third-order valence-electron chi connectivity index (χ3n) is 6.26. The lowest BCUT2D eigenvalue weighted by atomic mass is 10.0. The Kier molecular flexibility index (Phi) is 8.51. The number of rotatable bonds is 7. The number of amides is 2. The number of carbonyl (C=O) groups is 1. The van der Waals surface area contributed by atoms with Crippen molar-refractivity contribution in [3.05, 3.63) is 86.9 Å². The molecule has 0 bridgehead atoms. The fourth-order valence-corrected chi connectivity index (χ4v) is 4.70. The van der Waals surface area contributed by atoms with Gasteiger partial charge in [-0.25, -0.2) is 4.79 Å². The van der Waals surface area contributed by atoms with Crippen LogP contribution in [0.1, 0.15) is 68.8 Å². The predicted octanol–water partition coefficient (Wildman–Crippen LogP) is 8.62. The Hall–Kier alpha value is -2.69. The first-order valence-corrected chi connectivity index (χ1v) is 12.5. The highest BCUT2D eigenvalue weighted by molar-refractivity contribution is 6.32. The molecule has 0 unspecified atom stereocenters. The Balaban J connectivity index is 2.08. The summed E-state index contributed by atoms with van der Waals surface area (Å²) < 4.78 is 0. The van der Waals surface area contributed by atoms with Crippen molar-refractivity contribution in [2.24, 2.45) is 0 Å². The summed E-state index contributed by atoms with van der Waals surface area (Å²) in [4.78, 5) is 15.6. The summed E-state index contributed by atoms with van der Waals surface area (Å²) in [5, 5.41) is 4.37. The summed E-state index contributed by atoms with van der Waals surface area (Å²) in [5.41, 5.74) is 12.3. The minimum absolute atomic E-state index is 0.242. The first-order chi connectivity index (χ1) is 16.2. The molecule has 4 nitrogen and oxygen atoms in total. The van der Waals surface area contributed by atoms with Crippen LogP contribution in [0.15, 0.2) is 54.6 Å². The molecule has 34 heavy (non-hydrogen) atoms. The van der Waals surface area contributed by atoms with Crippen LogP contribution >= 0.6 is 23.2 Å². The normalized spacial score (nSPS) is 12.0. The average Bonchev–Trinajstić information content (AvgIpc) is 2.80. The summed E-state index contributed by atoms with van der Waals surface area (Å²) in [6, 6.07) is 17.0. The maximum atomic E-state index is 13.9. The van der Waals surface area contributed by atoms with E-state index in [1.54, 1.807) is 11.0 Å². The van der Waals surface area contributed by atoms with Crippen molar-refractivity contribution in [3.8, 4) is 0 Å². The van der Waals surface area contributed by atoms with Gasteiger partial charge in [-0.15, -0.1) is 0 Å². The van der Waals surface area contributed by atoms with E-state index in [9.17, 15) is 4.79 Å².